The Kier molecular flexibility index (Phi) is 9.13. The predicted octanol–water partition coefficient (Wildman–Crippen LogP) is 3.88. The number of thiophene rings is 1. The Morgan fingerprint density at radius 3 is 2.58 bits per heavy atom. The van der Waals surface area contributed by atoms with E-state index in [1.165, 1.54) is 11.1 Å². The van der Waals surface area contributed by atoms with Crippen molar-refractivity contribution in [3.05, 3.63) is 45.8 Å². The van der Waals surface area contributed by atoms with Crippen molar-refractivity contribution in [2.75, 3.05) is 13.7 Å². The van der Waals surface area contributed by atoms with E-state index in [2.05, 4.69) is 20.6 Å². The molecule has 2 aromatic heterocycles. The molecule has 144 valence electrons. The number of pyridine rings is 1. The number of nitrogens with one attached hydrogen (secondary N) is 2. The van der Waals surface area contributed by atoms with Crippen LogP contribution in [0, 0.1) is 6.92 Å². The van der Waals surface area contributed by atoms with Gasteiger partial charge in [-0.05, 0) is 25.1 Å². The zero-order valence-corrected chi connectivity index (χ0v) is 17.4. The quantitative estimate of drug-likeness (QED) is 0.359. The molecule has 2 rings (SSSR count). The summed E-state index contributed by atoms with van der Waals surface area (Å²) in [6.45, 7) is 1.51. The second-order valence-corrected chi connectivity index (χ2v) is 6.54. The van der Waals surface area contributed by atoms with Crippen LogP contribution in [0.5, 0.6) is 5.88 Å². The second kappa shape index (κ2) is 10.6. The van der Waals surface area contributed by atoms with E-state index in [9.17, 15) is 13.2 Å². The first-order valence-corrected chi connectivity index (χ1v) is 8.32. The molecule has 0 radical (unpaired) electrons. The minimum atomic E-state index is -4.40. The third-order valence-electron chi connectivity index (χ3n) is 3.12. The molecule has 5 nitrogen and oxygen atoms in total. The zero-order chi connectivity index (χ0) is 18.3. The number of aromatic nitrogens is 1. The predicted molar refractivity (Wildman–Crippen MR) is 107 cm³/mol. The highest BCUT2D eigenvalue weighted by Gasteiger charge is 2.29. The van der Waals surface area contributed by atoms with Crippen LogP contribution in [0.15, 0.2) is 35.5 Å². The monoisotopic (exact) mass is 500 g/mol. The molecule has 10 heteroatoms. The molecule has 0 aliphatic carbocycles. The molecule has 0 fully saturated rings. The Morgan fingerprint density at radius 2 is 1.96 bits per heavy atom. The van der Waals surface area contributed by atoms with Crippen molar-refractivity contribution in [3.63, 3.8) is 0 Å². The Balaban J connectivity index is 0.00000338. The summed E-state index contributed by atoms with van der Waals surface area (Å²) < 4.78 is 41.7. The van der Waals surface area contributed by atoms with Gasteiger partial charge in [0.15, 0.2) is 12.6 Å². The van der Waals surface area contributed by atoms with Crippen LogP contribution in [0.4, 0.5) is 13.2 Å². The average molecular weight is 500 g/mol. The number of ether oxygens (including phenoxy) is 1. The molecule has 0 saturated carbocycles. The molecule has 26 heavy (non-hydrogen) atoms. The molecule has 0 unspecified atom stereocenters. The van der Waals surface area contributed by atoms with Gasteiger partial charge in [-0.25, -0.2) is 4.98 Å². The van der Waals surface area contributed by atoms with Crippen LogP contribution in [0.25, 0.3) is 0 Å². The number of aryl methyl sites for hydroxylation is 1. The Bertz CT molecular complexity index is 722. The van der Waals surface area contributed by atoms with Crippen molar-refractivity contribution < 1.29 is 17.9 Å². The number of halogens is 4. The van der Waals surface area contributed by atoms with Gasteiger partial charge in [-0.15, -0.1) is 35.3 Å². The second-order valence-electron chi connectivity index (χ2n) is 5.16. The lowest BCUT2D eigenvalue weighted by atomic mass is 10.2. The summed E-state index contributed by atoms with van der Waals surface area (Å²) in [4.78, 5) is 10.3. The molecule has 0 saturated heterocycles. The summed E-state index contributed by atoms with van der Waals surface area (Å²) in [7, 11) is 1.62. The molecule has 0 aromatic carbocycles. The Morgan fingerprint density at radius 1 is 1.23 bits per heavy atom. The van der Waals surface area contributed by atoms with Crippen molar-refractivity contribution in [2.45, 2.75) is 26.2 Å². The Labute approximate surface area is 171 Å². The van der Waals surface area contributed by atoms with Crippen LogP contribution in [-0.2, 0) is 13.1 Å². The summed E-state index contributed by atoms with van der Waals surface area (Å²) in [6.07, 6.45) is -3.01. The minimum Gasteiger partial charge on any atom is -0.468 e. The summed E-state index contributed by atoms with van der Waals surface area (Å²) in [5, 5.41) is 6.20. The maximum atomic E-state index is 12.3. The van der Waals surface area contributed by atoms with Gasteiger partial charge in [0.2, 0.25) is 5.88 Å². The van der Waals surface area contributed by atoms with Crippen LogP contribution in [0.2, 0.25) is 0 Å². The van der Waals surface area contributed by atoms with Crippen molar-refractivity contribution in [1.82, 2.24) is 15.6 Å². The first-order valence-electron chi connectivity index (χ1n) is 7.50. The van der Waals surface area contributed by atoms with E-state index < -0.39 is 12.8 Å². The van der Waals surface area contributed by atoms with Gasteiger partial charge in [0, 0.05) is 35.1 Å². The van der Waals surface area contributed by atoms with Gasteiger partial charge in [-0.3, -0.25) is 4.99 Å². The summed E-state index contributed by atoms with van der Waals surface area (Å²) >= 11 is 1.68. The first kappa shape index (κ1) is 22.5. The number of alkyl halides is 3. The fourth-order valence-corrected chi connectivity index (χ4v) is 2.82. The van der Waals surface area contributed by atoms with Gasteiger partial charge >= 0.3 is 6.18 Å². The molecule has 0 amide bonds. The molecular formula is C16H20F3IN4OS. The van der Waals surface area contributed by atoms with Crippen LogP contribution in [0.3, 0.4) is 0 Å². The highest BCUT2D eigenvalue weighted by Crippen LogP contribution is 2.20. The number of hydrogen-bond donors (Lipinski definition) is 2. The first-order chi connectivity index (χ1) is 11.9. The third kappa shape index (κ3) is 7.77. The topological polar surface area (TPSA) is 58.5 Å². The van der Waals surface area contributed by atoms with Gasteiger partial charge in [-0.2, -0.15) is 13.2 Å². The molecule has 2 N–H and O–H groups in total. The molecule has 0 bridgehead atoms. The van der Waals surface area contributed by atoms with E-state index in [0.717, 1.165) is 4.88 Å². The number of nitrogens with zero attached hydrogens (tertiary/aromatic N) is 2. The van der Waals surface area contributed by atoms with Gasteiger partial charge in [-0.1, -0.05) is 6.07 Å². The van der Waals surface area contributed by atoms with Crippen molar-refractivity contribution in [1.29, 1.82) is 0 Å². The van der Waals surface area contributed by atoms with E-state index in [1.807, 2.05) is 19.1 Å². The minimum absolute atomic E-state index is 0. The molecular weight excluding hydrogens is 480 g/mol. The van der Waals surface area contributed by atoms with Crippen LogP contribution in [-0.4, -0.2) is 30.8 Å². The number of guanidine groups is 1. The van der Waals surface area contributed by atoms with E-state index in [1.54, 1.807) is 30.5 Å². The molecule has 0 atom stereocenters. The highest BCUT2D eigenvalue weighted by molar-refractivity contribution is 14.0. The average Bonchev–Trinajstić information content (AvgIpc) is 2.98. The SMILES string of the molecule is CN=C(NCc1ccc(C)s1)NCc1cccnc1OCC(F)(F)F.I. The third-order valence-corrected chi connectivity index (χ3v) is 4.12. The van der Waals surface area contributed by atoms with Crippen molar-refractivity contribution in [3.8, 4) is 5.88 Å². The van der Waals surface area contributed by atoms with E-state index in [4.69, 9.17) is 4.74 Å². The fraction of sp³-hybridized carbons (Fsp3) is 0.375. The molecule has 0 spiro atoms. The number of aliphatic imine (C=N–C) groups is 1. The van der Waals surface area contributed by atoms with Crippen molar-refractivity contribution in [2.24, 2.45) is 4.99 Å². The van der Waals surface area contributed by atoms with Gasteiger partial charge in [0.1, 0.15) is 0 Å². The summed E-state index contributed by atoms with van der Waals surface area (Å²) in [5.41, 5.74) is 0.515. The van der Waals surface area contributed by atoms with Crippen LogP contribution in [0.1, 0.15) is 15.3 Å². The van der Waals surface area contributed by atoms with E-state index >= 15 is 0 Å². The van der Waals surface area contributed by atoms with Crippen molar-refractivity contribution >= 4 is 41.3 Å². The van der Waals surface area contributed by atoms with E-state index in [0.29, 0.717) is 18.1 Å². The standard InChI is InChI=1S/C16H19F3N4OS.HI/c1-11-5-6-13(25-11)9-23-15(20-2)22-8-12-4-3-7-21-14(12)24-10-16(17,18)19;/h3-7H,8-10H2,1-2H3,(H2,20,22,23);1H. The lowest BCUT2D eigenvalue weighted by molar-refractivity contribution is -0.154. The van der Waals surface area contributed by atoms with Crippen LogP contribution < -0.4 is 15.4 Å². The number of rotatable bonds is 6. The highest BCUT2D eigenvalue weighted by atomic mass is 127. The lowest BCUT2D eigenvalue weighted by Crippen LogP contribution is -2.36. The molecule has 0 aliphatic rings. The normalized spacial score (nSPS) is 11.7. The molecule has 2 heterocycles. The molecule has 0 aliphatic heterocycles. The zero-order valence-electron chi connectivity index (χ0n) is 14.3. The summed E-state index contributed by atoms with van der Waals surface area (Å²) in [6, 6.07) is 7.37. The largest absolute Gasteiger partial charge is 0.468 e. The van der Waals surface area contributed by atoms with Gasteiger partial charge in [0.05, 0.1) is 6.54 Å². The maximum Gasteiger partial charge on any atom is 0.422 e. The smallest absolute Gasteiger partial charge is 0.422 e. The fourth-order valence-electron chi connectivity index (χ4n) is 1.99. The van der Waals surface area contributed by atoms with E-state index in [-0.39, 0.29) is 36.4 Å². The molecule has 2 aromatic rings. The van der Waals surface area contributed by atoms with Gasteiger partial charge < -0.3 is 15.4 Å². The number of hydrogen-bond acceptors (Lipinski definition) is 4. The van der Waals surface area contributed by atoms with Gasteiger partial charge in [0.25, 0.3) is 0 Å². The lowest BCUT2D eigenvalue weighted by Gasteiger charge is -2.14. The van der Waals surface area contributed by atoms with Crippen LogP contribution >= 0.6 is 35.3 Å². The summed E-state index contributed by atoms with van der Waals surface area (Å²) in [5.74, 6) is 0.494. The maximum absolute atomic E-state index is 12.3. The Hall–Kier alpha value is -1.56.